The van der Waals surface area contributed by atoms with Crippen molar-refractivity contribution in [2.45, 2.75) is 25.7 Å². The number of carboxylic acids is 1. The largest absolute Gasteiger partial charge is 0.479 e. The summed E-state index contributed by atoms with van der Waals surface area (Å²) in [5.74, 6) is -2.73. The number of ether oxygens (including phenoxy) is 2. The fraction of sp³-hybridized carbons (Fsp3) is 0.385. The van der Waals surface area contributed by atoms with Crippen molar-refractivity contribution in [2.24, 2.45) is 0 Å². The number of carbonyl (C=O) groups is 2. The van der Waals surface area contributed by atoms with Gasteiger partial charge in [0, 0.05) is 6.07 Å². The first-order chi connectivity index (χ1) is 11.5. The molecule has 0 saturated carbocycles. The highest BCUT2D eigenvalue weighted by Crippen LogP contribution is 2.31. The van der Waals surface area contributed by atoms with Gasteiger partial charge in [0.15, 0.2) is 11.4 Å². The van der Waals surface area contributed by atoms with Gasteiger partial charge in [0.25, 0.3) is 0 Å². The molecular weight excluding hydrogens is 356 g/mol. The quantitative estimate of drug-likeness (QED) is 0.519. The van der Waals surface area contributed by atoms with E-state index in [1.165, 1.54) is 0 Å². The number of halogens is 4. The number of amides is 2. The molecule has 0 aromatic heterocycles. The molecule has 0 aliphatic carbocycles. The van der Waals surface area contributed by atoms with Crippen LogP contribution < -0.4 is 20.1 Å². The first-order valence-electron chi connectivity index (χ1n) is 6.55. The lowest BCUT2D eigenvalue weighted by molar-refractivity contribution is -0.155. The number of benzene rings is 1. The number of nitrogens with one attached hydrogen (secondary N) is 2. The molecule has 25 heavy (non-hydrogen) atoms. The predicted molar refractivity (Wildman–Crippen MR) is 75.0 cm³/mol. The van der Waals surface area contributed by atoms with Gasteiger partial charge in [-0.25, -0.2) is 9.59 Å². The first-order valence-corrected chi connectivity index (χ1v) is 6.55. The molecule has 0 heterocycles. The molecular formula is C13H14F4N2O6. The highest BCUT2D eigenvalue weighted by atomic mass is 19.3. The van der Waals surface area contributed by atoms with Crippen molar-refractivity contribution in [1.29, 1.82) is 0 Å². The Morgan fingerprint density at radius 1 is 1.20 bits per heavy atom. The maximum absolute atomic E-state index is 12.4. The second-order valence-corrected chi connectivity index (χ2v) is 4.80. The Morgan fingerprint density at radius 2 is 1.80 bits per heavy atom. The lowest BCUT2D eigenvalue weighted by Gasteiger charge is -2.19. The Bertz CT molecular complexity index is 627. The van der Waals surface area contributed by atoms with Gasteiger partial charge in [-0.15, -0.1) is 0 Å². The summed E-state index contributed by atoms with van der Waals surface area (Å²) in [7, 11) is 0. The molecule has 0 aliphatic rings. The van der Waals surface area contributed by atoms with Crippen LogP contribution in [0.5, 0.6) is 11.5 Å². The third-order valence-corrected chi connectivity index (χ3v) is 2.70. The second-order valence-electron chi connectivity index (χ2n) is 4.80. The van der Waals surface area contributed by atoms with E-state index in [9.17, 15) is 32.3 Å². The maximum Gasteiger partial charge on any atom is 0.387 e. The lowest BCUT2D eigenvalue weighted by atomic mass is 10.1. The normalized spacial score (nSPS) is 13.3. The van der Waals surface area contributed by atoms with Crippen LogP contribution in [0.4, 0.5) is 28.0 Å². The summed E-state index contributed by atoms with van der Waals surface area (Å²) in [6.45, 7) is -6.26. The predicted octanol–water partition coefficient (Wildman–Crippen LogP) is 1.85. The van der Waals surface area contributed by atoms with Gasteiger partial charge in [-0.3, -0.25) is 0 Å². The van der Waals surface area contributed by atoms with Crippen molar-refractivity contribution in [3.05, 3.63) is 18.2 Å². The molecule has 0 saturated heterocycles. The van der Waals surface area contributed by atoms with Crippen LogP contribution in [0.3, 0.4) is 0 Å². The number of carboxylic acid groups (broad SMARTS) is 1. The second kappa shape index (κ2) is 8.37. The van der Waals surface area contributed by atoms with Gasteiger partial charge < -0.3 is 30.3 Å². The number of hydrogen-bond acceptors (Lipinski definition) is 5. The monoisotopic (exact) mass is 370 g/mol. The molecule has 12 heteroatoms. The van der Waals surface area contributed by atoms with Gasteiger partial charge in [-0.05, 0) is 19.1 Å². The Morgan fingerprint density at radius 3 is 2.32 bits per heavy atom. The standard InChI is InChI=1S/C13H14F4N2O6/c1-13(23,9(20)21)5-18-12(22)19-7-3-2-6(24-10(14)15)4-8(7)25-11(16)17/h2-4,10-11,23H,5H2,1H3,(H,20,21)(H2,18,19,22). The SMILES string of the molecule is CC(O)(CNC(=O)Nc1ccc(OC(F)F)cc1OC(F)F)C(=O)O. The van der Waals surface area contributed by atoms with Gasteiger partial charge in [0.1, 0.15) is 5.75 Å². The topological polar surface area (TPSA) is 117 Å². The van der Waals surface area contributed by atoms with E-state index in [1.54, 1.807) is 0 Å². The van der Waals surface area contributed by atoms with Crippen molar-refractivity contribution >= 4 is 17.7 Å². The highest BCUT2D eigenvalue weighted by Gasteiger charge is 2.30. The van der Waals surface area contributed by atoms with Gasteiger partial charge in [-0.1, -0.05) is 0 Å². The van der Waals surface area contributed by atoms with Crippen molar-refractivity contribution in [3.8, 4) is 11.5 Å². The summed E-state index contributed by atoms with van der Waals surface area (Å²) in [6.07, 6.45) is 0. The maximum atomic E-state index is 12.4. The average Bonchev–Trinajstić information content (AvgIpc) is 2.46. The Balaban J connectivity index is 2.85. The number of carbonyl (C=O) groups excluding carboxylic acids is 1. The zero-order valence-electron chi connectivity index (χ0n) is 12.6. The van der Waals surface area contributed by atoms with Crippen LogP contribution in [-0.2, 0) is 4.79 Å². The van der Waals surface area contributed by atoms with E-state index < -0.39 is 48.9 Å². The minimum Gasteiger partial charge on any atom is -0.479 e. The smallest absolute Gasteiger partial charge is 0.387 e. The van der Waals surface area contributed by atoms with Gasteiger partial charge in [-0.2, -0.15) is 17.6 Å². The highest BCUT2D eigenvalue weighted by molar-refractivity contribution is 5.91. The molecule has 1 aromatic carbocycles. The summed E-state index contributed by atoms with van der Waals surface area (Å²) in [6, 6.07) is 1.59. The molecule has 1 aromatic rings. The minimum absolute atomic E-state index is 0.325. The zero-order valence-corrected chi connectivity index (χ0v) is 12.6. The summed E-state index contributed by atoms with van der Waals surface area (Å²) in [4.78, 5) is 22.4. The van der Waals surface area contributed by atoms with Crippen molar-refractivity contribution in [3.63, 3.8) is 0 Å². The summed E-state index contributed by atoms with van der Waals surface area (Å²) >= 11 is 0. The van der Waals surface area contributed by atoms with E-state index in [0.717, 1.165) is 19.1 Å². The van der Waals surface area contributed by atoms with Crippen molar-refractivity contribution in [2.75, 3.05) is 11.9 Å². The molecule has 0 radical (unpaired) electrons. The Kier molecular flexibility index (Phi) is 6.79. The molecule has 4 N–H and O–H groups in total. The number of aliphatic hydroxyl groups is 1. The molecule has 8 nitrogen and oxygen atoms in total. The number of alkyl halides is 4. The van der Waals surface area contributed by atoms with Crippen LogP contribution >= 0.6 is 0 Å². The van der Waals surface area contributed by atoms with E-state index in [0.29, 0.717) is 6.07 Å². The van der Waals surface area contributed by atoms with E-state index in [2.05, 4.69) is 14.8 Å². The fourth-order valence-corrected chi connectivity index (χ4v) is 1.47. The van der Waals surface area contributed by atoms with Crippen molar-refractivity contribution < 1.29 is 46.8 Å². The molecule has 140 valence electrons. The number of anilines is 1. The first kappa shape index (κ1) is 20.3. The van der Waals surface area contributed by atoms with E-state index in [-0.39, 0.29) is 5.69 Å². The zero-order chi connectivity index (χ0) is 19.2. The summed E-state index contributed by atoms with van der Waals surface area (Å²) < 4.78 is 57.2. The molecule has 2 amide bonds. The van der Waals surface area contributed by atoms with Crippen LogP contribution in [0, 0.1) is 0 Å². The number of aliphatic carboxylic acids is 1. The fourth-order valence-electron chi connectivity index (χ4n) is 1.47. The number of rotatable bonds is 8. The summed E-state index contributed by atoms with van der Waals surface area (Å²) in [5, 5.41) is 22.2. The number of urea groups is 1. The van der Waals surface area contributed by atoms with Gasteiger partial charge >= 0.3 is 25.2 Å². The van der Waals surface area contributed by atoms with Crippen LogP contribution in [0.15, 0.2) is 18.2 Å². The lowest BCUT2D eigenvalue weighted by Crippen LogP contribution is -2.47. The third kappa shape index (κ3) is 6.71. The molecule has 0 aliphatic heterocycles. The Labute approximate surface area is 138 Å². The third-order valence-electron chi connectivity index (χ3n) is 2.70. The molecule has 0 spiro atoms. The van der Waals surface area contributed by atoms with E-state index in [1.807, 2.05) is 5.32 Å². The van der Waals surface area contributed by atoms with E-state index in [4.69, 9.17) is 5.11 Å². The van der Waals surface area contributed by atoms with Crippen LogP contribution in [0.2, 0.25) is 0 Å². The van der Waals surface area contributed by atoms with Gasteiger partial charge in [0.05, 0.1) is 12.2 Å². The average molecular weight is 370 g/mol. The van der Waals surface area contributed by atoms with Crippen LogP contribution in [-0.4, -0.2) is 47.6 Å². The van der Waals surface area contributed by atoms with Crippen LogP contribution in [0.25, 0.3) is 0 Å². The molecule has 1 atom stereocenters. The minimum atomic E-state index is -3.31. The molecule has 0 bridgehead atoms. The molecule has 1 rings (SSSR count). The number of hydrogen-bond donors (Lipinski definition) is 4. The van der Waals surface area contributed by atoms with Gasteiger partial charge in [0.2, 0.25) is 0 Å². The molecule has 0 fully saturated rings. The van der Waals surface area contributed by atoms with Crippen LogP contribution in [0.1, 0.15) is 6.92 Å². The van der Waals surface area contributed by atoms with E-state index >= 15 is 0 Å². The summed E-state index contributed by atoms with van der Waals surface area (Å²) in [5.41, 5.74) is -2.58. The molecule has 1 unspecified atom stereocenters. The Hall–Kier alpha value is -2.76. The van der Waals surface area contributed by atoms with Crippen molar-refractivity contribution in [1.82, 2.24) is 5.32 Å².